The normalized spacial score (nSPS) is 25.9. The topological polar surface area (TPSA) is 58.8 Å². The summed E-state index contributed by atoms with van der Waals surface area (Å²) in [5.41, 5.74) is 5.27. The molecule has 2 aliphatic heterocycles. The van der Waals surface area contributed by atoms with Gasteiger partial charge in [0.25, 0.3) is 0 Å². The second-order valence-electron chi connectivity index (χ2n) is 4.88. The van der Waals surface area contributed by atoms with Crippen molar-refractivity contribution in [3.63, 3.8) is 0 Å². The van der Waals surface area contributed by atoms with Crippen LogP contribution in [0.5, 0.6) is 0 Å². The molecular weight excluding hydrogens is 206 g/mol. The predicted octanol–water partition coefficient (Wildman–Crippen LogP) is 0.252. The maximum Gasteiger partial charge on any atom is 0.410 e. The van der Waals surface area contributed by atoms with Gasteiger partial charge >= 0.3 is 6.09 Å². The fraction of sp³-hybridized carbons (Fsp3) is 0.909. The lowest BCUT2D eigenvalue weighted by atomic mass is 9.87. The third-order valence-corrected chi connectivity index (χ3v) is 3.70. The fourth-order valence-corrected chi connectivity index (χ4v) is 2.47. The van der Waals surface area contributed by atoms with Crippen LogP contribution in [0.3, 0.4) is 0 Å². The van der Waals surface area contributed by atoms with Crippen LogP contribution in [0.4, 0.5) is 4.79 Å². The zero-order valence-corrected chi connectivity index (χ0v) is 9.95. The predicted molar refractivity (Wildman–Crippen MR) is 61.2 cm³/mol. The molecular formula is C11H21N3O2. The van der Waals surface area contributed by atoms with E-state index in [4.69, 9.17) is 10.5 Å². The van der Waals surface area contributed by atoms with Crippen molar-refractivity contribution in [2.75, 3.05) is 39.8 Å². The van der Waals surface area contributed by atoms with Gasteiger partial charge in [-0.2, -0.15) is 0 Å². The first-order chi connectivity index (χ1) is 7.65. The highest BCUT2D eigenvalue weighted by Gasteiger charge is 2.42. The quantitative estimate of drug-likeness (QED) is 0.735. The van der Waals surface area contributed by atoms with Gasteiger partial charge in [0.2, 0.25) is 0 Å². The van der Waals surface area contributed by atoms with Gasteiger partial charge in [-0.05, 0) is 7.05 Å². The van der Waals surface area contributed by atoms with E-state index in [0.29, 0.717) is 13.1 Å². The van der Waals surface area contributed by atoms with E-state index in [1.165, 1.54) is 0 Å². The zero-order valence-electron chi connectivity index (χ0n) is 9.95. The number of rotatable bonds is 2. The number of ether oxygens (including phenoxy) is 1. The Kier molecular flexibility index (Phi) is 3.35. The van der Waals surface area contributed by atoms with Crippen LogP contribution in [-0.4, -0.2) is 61.3 Å². The summed E-state index contributed by atoms with van der Waals surface area (Å²) in [6, 6.07) is 0. The van der Waals surface area contributed by atoms with Gasteiger partial charge in [-0.1, -0.05) is 0 Å². The number of piperidine rings is 1. The van der Waals surface area contributed by atoms with Crippen LogP contribution in [0.2, 0.25) is 0 Å². The van der Waals surface area contributed by atoms with Gasteiger partial charge in [0, 0.05) is 52.0 Å². The van der Waals surface area contributed by atoms with Crippen molar-refractivity contribution in [3.8, 4) is 0 Å². The minimum Gasteiger partial charge on any atom is -0.443 e. The van der Waals surface area contributed by atoms with Crippen molar-refractivity contribution >= 4 is 6.09 Å². The molecule has 1 spiro atoms. The lowest BCUT2D eigenvalue weighted by Crippen LogP contribution is -2.54. The monoisotopic (exact) mass is 227 g/mol. The molecule has 2 aliphatic rings. The van der Waals surface area contributed by atoms with Gasteiger partial charge in [0.15, 0.2) is 0 Å². The summed E-state index contributed by atoms with van der Waals surface area (Å²) < 4.78 is 5.63. The van der Waals surface area contributed by atoms with E-state index in [2.05, 4.69) is 11.9 Å². The molecule has 2 fully saturated rings. The van der Waals surface area contributed by atoms with Crippen LogP contribution in [-0.2, 0) is 4.74 Å². The molecule has 0 aromatic carbocycles. The van der Waals surface area contributed by atoms with Gasteiger partial charge in [0.05, 0.1) is 0 Å². The summed E-state index contributed by atoms with van der Waals surface area (Å²) in [6.45, 7) is 3.94. The minimum absolute atomic E-state index is 0.179. The maximum absolute atomic E-state index is 11.8. The Morgan fingerprint density at radius 1 is 1.31 bits per heavy atom. The molecule has 2 N–H and O–H groups in total. The Hall–Kier alpha value is -0.810. The van der Waals surface area contributed by atoms with Crippen LogP contribution in [0.25, 0.3) is 0 Å². The summed E-state index contributed by atoms with van der Waals surface area (Å²) in [5.74, 6) is 0. The number of carbonyl (C=O) groups excluding carboxylic acids is 1. The number of likely N-dealkylation sites (tertiary alicyclic amines) is 1. The molecule has 0 aromatic heterocycles. The van der Waals surface area contributed by atoms with Gasteiger partial charge in [-0.25, -0.2) is 4.79 Å². The van der Waals surface area contributed by atoms with Gasteiger partial charge in [-0.3, -0.25) is 0 Å². The molecule has 1 amide bonds. The second-order valence-corrected chi connectivity index (χ2v) is 4.88. The molecule has 0 aromatic rings. The lowest BCUT2D eigenvalue weighted by Gasteiger charge is -2.45. The van der Waals surface area contributed by atoms with Crippen LogP contribution in [0, 0.1) is 0 Å². The first-order valence-electron chi connectivity index (χ1n) is 6.02. The van der Waals surface area contributed by atoms with Crippen molar-refractivity contribution in [1.82, 2.24) is 9.80 Å². The highest BCUT2D eigenvalue weighted by Crippen LogP contribution is 2.33. The number of nitrogens with zero attached hydrogens (tertiary/aromatic N) is 2. The summed E-state index contributed by atoms with van der Waals surface area (Å²) in [4.78, 5) is 15.8. The summed E-state index contributed by atoms with van der Waals surface area (Å²) in [6.07, 6.45) is 2.70. The molecule has 0 atom stereocenters. The summed E-state index contributed by atoms with van der Waals surface area (Å²) in [5, 5.41) is 0. The Labute approximate surface area is 96.5 Å². The molecule has 92 valence electrons. The lowest BCUT2D eigenvalue weighted by molar-refractivity contribution is -0.0776. The Morgan fingerprint density at radius 3 is 2.50 bits per heavy atom. The molecule has 16 heavy (non-hydrogen) atoms. The molecule has 0 unspecified atom stereocenters. The third-order valence-electron chi connectivity index (χ3n) is 3.70. The fourth-order valence-electron chi connectivity index (χ4n) is 2.47. The first kappa shape index (κ1) is 11.7. The van der Waals surface area contributed by atoms with E-state index in [9.17, 15) is 4.79 Å². The molecule has 5 nitrogen and oxygen atoms in total. The SMILES string of the molecule is CN1CCC2(CC1)CCN(CCN)C(=O)O2. The molecule has 5 heteroatoms. The van der Waals surface area contributed by atoms with Gasteiger partial charge in [-0.15, -0.1) is 0 Å². The molecule has 2 saturated heterocycles. The van der Waals surface area contributed by atoms with Crippen LogP contribution < -0.4 is 5.73 Å². The largest absolute Gasteiger partial charge is 0.443 e. The highest BCUT2D eigenvalue weighted by atomic mass is 16.6. The van der Waals surface area contributed by atoms with Crippen LogP contribution in [0.15, 0.2) is 0 Å². The van der Waals surface area contributed by atoms with Crippen molar-refractivity contribution in [1.29, 1.82) is 0 Å². The molecule has 2 heterocycles. The summed E-state index contributed by atoms with van der Waals surface area (Å²) in [7, 11) is 2.11. The van der Waals surface area contributed by atoms with E-state index in [1.54, 1.807) is 4.90 Å². The molecule has 2 rings (SSSR count). The van der Waals surface area contributed by atoms with Crippen molar-refractivity contribution in [2.24, 2.45) is 5.73 Å². The van der Waals surface area contributed by atoms with Crippen molar-refractivity contribution in [3.05, 3.63) is 0 Å². The van der Waals surface area contributed by atoms with Crippen LogP contribution in [0.1, 0.15) is 19.3 Å². The van der Waals surface area contributed by atoms with E-state index in [-0.39, 0.29) is 11.7 Å². The first-order valence-corrected chi connectivity index (χ1v) is 6.02. The molecule has 0 aliphatic carbocycles. The molecule has 0 radical (unpaired) electrons. The number of amides is 1. The van der Waals surface area contributed by atoms with Gasteiger partial charge < -0.3 is 20.3 Å². The minimum atomic E-state index is -0.186. The Morgan fingerprint density at radius 2 is 1.94 bits per heavy atom. The Balaban J connectivity index is 1.93. The molecule has 0 saturated carbocycles. The average molecular weight is 227 g/mol. The number of carbonyl (C=O) groups is 1. The van der Waals surface area contributed by atoms with E-state index >= 15 is 0 Å². The zero-order chi connectivity index (χ0) is 11.6. The summed E-state index contributed by atoms with van der Waals surface area (Å²) >= 11 is 0. The second kappa shape index (κ2) is 4.59. The van der Waals surface area contributed by atoms with E-state index in [0.717, 1.165) is 38.9 Å². The van der Waals surface area contributed by atoms with Gasteiger partial charge in [0.1, 0.15) is 5.60 Å². The number of hydrogen-bond donors (Lipinski definition) is 1. The van der Waals surface area contributed by atoms with Crippen LogP contribution >= 0.6 is 0 Å². The average Bonchev–Trinajstić information content (AvgIpc) is 2.27. The Bertz CT molecular complexity index is 262. The standard InChI is InChI=1S/C11H21N3O2/c1-13-6-2-11(3-7-13)4-8-14(9-5-12)10(15)16-11/h2-9,12H2,1H3. The smallest absolute Gasteiger partial charge is 0.410 e. The van der Waals surface area contributed by atoms with Crippen molar-refractivity contribution < 1.29 is 9.53 Å². The molecule has 0 bridgehead atoms. The third kappa shape index (κ3) is 2.30. The van der Waals surface area contributed by atoms with Crippen molar-refractivity contribution in [2.45, 2.75) is 24.9 Å². The van der Waals surface area contributed by atoms with E-state index < -0.39 is 0 Å². The maximum atomic E-state index is 11.8. The number of hydrogen-bond acceptors (Lipinski definition) is 4. The highest BCUT2D eigenvalue weighted by molar-refractivity contribution is 5.69. The van der Waals surface area contributed by atoms with E-state index in [1.807, 2.05) is 0 Å². The number of nitrogens with two attached hydrogens (primary N) is 1.